The van der Waals surface area contributed by atoms with Gasteiger partial charge in [0.2, 0.25) is 0 Å². The molecule has 1 unspecified atom stereocenters. The Labute approximate surface area is 152 Å². The molecule has 1 aromatic carbocycles. The molecule has 0 saturated heterocycles. The summed E-state index contributed by atoms with van der Waals surface area (Å²) in [4.78, 5) is 42.8. The number of carbonyl (C=O) groups excluding carboxylic acids is 1. The molecule has 0 saturated carbocycles. The first kappa shape index (κ1) is 18.0. The second-order valence-corrected chi connectivity index (χ2v) is 7.05. The molecule has 1 atom stereocenters. The fraction of sp³-hybridized carbons (Fsp3) is 0.294. The van der Waals surface area contributed by atoms with E-state index >= 15 is 0 Å². The van der Waals surface area contributed by atoms with Gasteiger partial charge in [-0.25, -0.2) is 9.78 Å². The Hall–Kier alpha value is -2.81. The van der Waals surface area contributed by atoms with Crippen LogP contribution in [0.3, 0.4) is 0 Å². The number of methoxy groups -OCH3 is 1. The van der Waals surface area contributed by atoms with Gasteiger partial charge in [-0.1, -0.05) is 42.1 Å². The summed E-state index contributed by atoms with van der Waals surface area (Å²) in [5.41, 5.74) is 0.478. The predicted molar refractivity (Wildman–Crippen MR) is 98.5 cm³/mol. The minimum absolute atomic E-state index is 0.272. The molecule has 2 heterocycles. The molecule has 1 N–H and O–H groups in total. The van der Waals surface area contributed by atoms with Crippen LogP contribution in [0.15, 0.2) is 45.1 Å². The number of hydrogen-bond acceptors (Lipinski definition) is 6. The van der Waals surface area contributed by atoms with E-state index in [9.17, 15) is 14.4 Å². The van der Waals surface area contributed by atoms with Crippen LogP contribution in [-0.4, -0.2) is 37.4 Å². The summed E-state index contributed by atoms with van der Waals surface area (Å²) >= 11 is 1.18. The van der Waals surface area contributed by atoms with Crippen molar-refractivity contribution < 1.29 is 9.53 Å². The summed E-state index contributed by atoms with van der Waals surface area (Å²) in [6, 6.07) is 9.57. The highest BCUT2D eigenvalue weighted by atomic mass is 32.2. The van der Waals surface area contributed by atoms with Gasteiger partial charge in [-0.15, -0.1) is 0 Å². The van der Waals surface area contributed by atoms with E-state index in [0.717, 1.165) is 5.56 Å². The number of benzene rings is 1. The zero-order valence-corrected chi connectivity index (χ0v) is 15.4. The lowest BCUT2D eigenvalue weighted by Gasteiger charge is -2.11. The second-order valence-electron chi connectivity index (χ2n) is 5.74. The number of aromatic nitrogens is 4. The molecule has 0 aliphatic rings. The normalized spacial score (nSPS) is 12.3. The van der Waals surface area contributed by atoms with Gasteiger partial charge in [0.15, 0.2) is 16.3 Å². The molecule has 0 radical (unpaired) electrons. The van der Waals surface area contributed by atoms with Crippen LogP contribution in [0.4, 0.5) is 0 Å². The van der Waals surface area contributed by atoms with E-state index in [2.05, 4.69) is 9.97 Å². The molecule has 0 spiro atoms. The third-order valence-corrected chi connectivity index (χ3v) is 5.04. The number of imidazole rings is 1. The van der Waals surface area contributed by atoms with Crippen molar-refractivity contribution in [2.24, 2.45) is 7.05 Å². The number of aryl methyl sites for hydroxylation is 1. The number of hydrogen-bond donors (Lipinski definition) is 1. The van der Waals surface area contributed by atoms with Crippen LogP contribution >= 0.6 is 11.8 Å². The molecule has 3 aromatic rings. The molecule has 0 bridgehead atoms. The van der Waals surface area contributed by atoms with Crippen molar-refractivity contribution in [1.29, 1.82) is 0 Å². The number of esters is 1. The minimum Gasteiger partial charge on any atom is -0.468 e. The Kier molecular flexibility index (Phi) is 4.99. The van der Waals surface area contributed by atoms with Crippen molar-refractivity contribution in [3.8, 4) is 0 Å². The average Bonchev–Trinajstić information content (AvgIpc) is 2.98. The summed E-state index contributed by atoms with van der Waals surface area (Å²) in [5.74, 6) is -0.392. The van der Waals surface area contributed by atoms with Gasteiger partial charge < -0.3 is 9.30 Å². The average molecular weight is 374 g/mol. The number of ether oxygens (including phenoxy) is 1. The molecular weight excluding hydrogens is 356 g/mol. The second kappa shape index (κ2) is 7.20. The molecule has 2 aromatic heterocycles. The third-order valence-electron chi connectivity index (χ3n) is 3.97. The van der Waals surface area contributed by atoms with Crippen molar-refractivity contribution in [2.45, 2.75) is 23.9 Å². The summed E-state index contributed by atoms with van der Waals surface area (Å²) in [6.45, 7) is 2.08. The first-order valence-corrected chi connectivity index (χ1v) is 8.78. The van der Waals surface area contributed by atoms with Crippen molar-refractivity contribution >= 4 is 28.9 Å². The van der Waals surface area contributed by atoms with Crippen LogP contribution in [0.2, 0.25) is 0 Å². The molecule has 0 aliphatic heterocycles. The van der Waals surface area contributed by atoms with Gasteiger partial charge in [0.25, 0.3) is 5.56 Å². The van der Waals surface area contributed by atoms with Crippen molar-refractivity contribution in [2.75, 3.05) is 7.11 Å². The summed E-state index contributed by atoms with van der Waals surface area (Å²) in [7, 11) is 2.86. The molecule has 0 fully saturated rings. The van der Waals surface area contributed by atoms with Crippen LogP contribution < -0.4 is 11.2 Å². The third kappa shape index (κ3) is 3.30. The lowest BCUT2D eigenvalue weighted by molar-refractivity contribution is -0.139. The maximum atomic E-state index is 12.4. The van der Waals surface area contributed by atoms with Crippen LogP contribution in [0.25, 0.3) is 11.2 Å². The standard InChI is InChI=1S/C17H18N4O4S/c1-10(15(23)25-3)26-17-18-13-12(14(22)19-16(24)20(13)2)21(17)9-11-7-5-4-6-8-11/h4-8,10H,9H2,1-3H3,(H,19,22,24). The van der Waals surface area contributed by atoms with Gasteiger partial charge in [-0.2, -0.15) is 0 Å². The number of carbonyl (C=O) groups is 1. The molecular formula is C17H18N4O4S. The fourth-order valence-electron chi connectivity index (χ4n) is 2.59. The van der Waals surface area contributed by atoms with E-state index in [4.69, 9.17) is 4.74 Å². The Morgan fingerprint density at radius 3 is 2.65 bits per heavy atom. The summed E-state index contributed by atoms with van der Waals surface area (Å²) < 4.78 is 7.76. The van der Waals surface area contributed by atoms with Crippen LogP contribution in [-0.2, 0) is 23.1 Å². The van der Waals surface area contributed by atoms with E-state index in [-0.39, 0.29) is 11.2 Å². The Bertz CT molecular complexity index is 1070. The lowest BCUT2D eigenvalue weighted by Crippen LogP contribution is -2.29. The smallest absolute Gasteiger partial charge is 0.329 e. The first-order chi connectivity index (χ1) is 12.4. The van der Waals surface area contributed by atoms with E-state index in [1.54, 1.807) is 18.5 Å². The minimum atomic E-state index is -0.538. The van der Waals surface area contributed by atoms with E-state index in [1.165, 1.54) is 23.4 Å². The monoisotopic (exact) mass is 374 g/mol. The van der Waals surface area contributed by atoms with E-state index < -0.39 is 22.5 Å². The van der Waals surface area contributed by atoms with Crippen LogP contribution in [0.5, 0.6) is 0 Å². The largest absolute Gasteiger partial charge is 0.468 e. The number of fused-ring (bicyclic) bond motifs is 1. The number of nitrogens with one attached hydrogen (secondary N) is 1. The van der Waals surface area contributed by atoms with Crippen LogP contribution in [0.1, 0.15) is 12.5 Å². The molecule has 0 amide bonds. The van der Waals surface area contributed by atoms with Gasteiger partial charge in [-0.05, 0) is 12.5 Å². The molecule has 3 rings (SSSR count). The highest BCUT2D eigenvalue weighted by Gasteiger charge is 2.22. The number of thioether (sulfide) groups is 1. The van der Waals surface area contributed by atoms with Gasteiger partial charge in [-0.3, -0.25) is 19.1 Å². The summed E-state index contributed by atoms with van der Waals surface area (Å²) in [6.07, 6.45) is 0. The number of aromatic amines is 1. The Morgan fingerprint density at radius 2 is 2.00 bits per heavy atom. The van der Waals surface area contributed by atoms with Crippen molar-refractivity contribution in [1.82, 2.24) is 19.1 Å². The Balaban J connectivity index is 2.19. The maximum absolute atomic E-state index is 12.4. The molecule has 9 heteroatoms. The van der Waals surface area contributed by atoms with E-state index in [0.29, 0.717) is 11.7 Å². The molecule has 26 heavy (non-hydrogen) atoms. The summed E-state index contributed by atoms with van der Waals surface area (Å²) in [5, 5.41) is -0.0455. The van der Waals surface area contributed by atoms with Crippen molar-refractivity contribution in [3.63, 3.8) is 0 Å². The SMILES string of the molecule is COC(=O)C(C)Sc1nc2c(c(=O)[nH]c(=O)n2C)n1Cc1ccccc1. The van der Waals surface area contributed by atoms with Gasteiger partial charge in [0.05, 0.1) is 13.7 Å². The van der Waals surface area contributed by atoms with Gasteiger partial charge >= 0.3 is 11.7 Å². The zero-order chi connectivity index (χ0) is 18.8. The highest BCUT2D eigenvalue weighted by Crippen LogP contribution is 2.26. The molecule has 8 nitrogen and oxygen atoms in total. The lowest BCUT2D eigenvalue weighted by atomic mass is 10.2. The van der Waals surface area contributed by atoms with Crippen LogP contribution in [0, 0.1) is 0 Å². The topological polar surface area (TPSA) is 99.0 Å². The van der Waals surface area contributed by atoms with E-state index in [1.807, 2.05) is 30.3 Å². The number of rotatable bonds is 5. The van der Waals surface area contributed by atoms with Gasteiger partial charge in [0.1, 0.15) is 5.25 Å². The van der Waals surface area contributed by atoms with Gasteiger partial charge in [0, 0.05) is 7.05 Å². The quantitative estimate of drug-likeness (QED) is 0.531. The number of H-pyrrole nitrogens is 1. The zero-order valence-electron chi connectivity index (χ0n) is 14.6. The van der Waals surface area contributed by atoms with Crippen molar-refractivity contribution in [3.05, 3.63) is 56.7 Å². The Morgan fingerprint density at radius 1 is 1.31 bits per heavy atom. The highest BCUT2D eigenvalue weighted by molar-refractivity contribution is 8.00. The fourth-order valence-corrected chi connectivity index (χ4v) is 3.52. The maximum Gasteiger partial charge on any atom is 0.329 e. The number of nitrogens with zero attached hydrogens (tertiary/aromatic N) is 3. The predicted octanol–water partition coefficient (Wildman–Crippen LogP) is 1.13. The molecule has 136 valence electrons. The molecule has 0 aliphatic carbocycles. The first-order valence-electron chi connectivity index (χ1n) is 7.90.